The summed E-state index contributed by atoms with van der Waals surface area (Å²) in [4.78, 5) is 12.7. The van der Waals surface area contributed by atoms with Gasteiger partial charge in [-0.3, -0.25) is 10.2 Å². The van der Waals surface area contributed by atoms with Gasteiger partial charge in [0.1, 0.15) is 11.7 Å². The monoisotopic (exact) mass is 409 g/mol. The average molecular weight is 410 g/mol. The summed E-state index contributed by atoms with van der Waals surface area (Å²) in [5.74, 6) is -0.942. The molecule has 0 aliphatic carbocycles. The molecule has 150 valence electrons. The first-order valence-electron chi connectivity index (χ1n) is 8.17. The zero-order valence-corrected chi connectivity index (χ0v) is 16.4. The van der Waals surface area contributed by atoms with E-state index in [9.17, 15) is 9.18 Å². The lowest BCUT2D eigenvalue weighted by Crippen LogP contribution is -2.29. The molecule has 2 aromatic carbocycles. The van der Waals surface area contributed by atoms with Crippen LogP contribution >= 0.6 is 11.8 Å². The number of amidine groups is 1. The number of halogens is 2. The number of nitrogens with one attached hydrogen (secondary N) is 1. The van der Waals surface area contributed by atoms with E-state index in [1.165, 1.54) is 27.4 Å². The first kappa shape index (κ1) is 21.5. The first-order valence-corrected chi connectivity index (χ1v) is 8.50. The van der Waals surface area contributed by atoms with Crippen LogP contribution in [-0.4, -0.2) is 37.5 Å². The summed E-state index contributed by atoms with van der Waals surface area (Å²) in [6.07, 6.45) is -1.27. The number of rotatable bonds is 8. The van der Waals surface area contributed by atoms with Gasteiger partial charge in [-0.25, -0.2) is 8.81 Å². The fourth-order valence-corrected chi connectivity index (χ4v) is 2.81. The number of nitrogens with two attached hydrogens (primary N) is 1. The minimum absolute atomic E-state index is 0.0253. The zero-order valence-electron chi connectivity index (χ0n) is 15.7. The normalized spacial score (nSPS) is 11.6. The smallest absolute Gasteiger partial charge is 0.271 e. The second kappa shape index (κ2) is 9.38. The Kier molecular flexibility index (Phi) is 7.19. The topological polar surface area (TPSA) is 97.9 Å². The number of nitrogen functional groups attached to an aromatic ring is 1. The highest BCUT2D eigenvalue weighted by atomic mass is 35.5. The molecule has 0 saturated carbocycles. The Morgan fingerprint density at radius 3 is 2.25 bits per heavy atom. The van der Waals surface area contributed by atoms with Gasteiger partial charge in [0.25, 0.3) is 5.91 Å². The lowest BCUT2D eigenvalue weighted by molar-refractivity contribution is -0.138. The Morgan fingerprint density at radius 2 is 1.75 bits per heavy atom. The second-order valence-electron chi connectivity index (χ2n) is 5.81. The van der Waals surface area contributed by atoms with Gasteiger partial charge in [-0.15, -0.1) is 0 Å². The molecule has 3 N–H and O–H groups in total. The van der Waals surface area contributed by atoms with Gasteiger partial charge in [-0.05, 0) is 11.6 Å². The molecule has 0 spiro atoms. The highest BCUT2D eigenvalue weighted by Crippen LogP contribution is 2.34. The molecule has 9 heteroatoms. The summed E-state index contributed by atoms with van der Waals surface area (Å²) < 4.78 is 30.8. The van der Waals surface area contributed by atoms with Gasteiger partial charge in [0.15, 0.2) is 17.6 Å². The Morgan fingerprint density at radius 1 is 1.18 bits per heavy atom. The van der Waals surface area contributed by atoms with Crippen LogP contribution in [0.2, 0.25) is 0 Å². The number of ether oxygens (including phenoxy) is 3. The molecule has 7 nitrogen and oxygen atoms in total. The van der Waals surface area contributed by atoms with Crippen LogP contribution in [0, 0.1) is 11.2 Å². The molecule has 0 aliphatic rings. The van der Waals surface area contributed by atoms with Crippen molar-refractivity contribution in [3.8, 4) is 11.5 Å². The molecule has 1 unspecified atom stereocenters. The molecule has 0 aliphatic heterocycles. The van der Waals surface area contributed by atoms with Crippen LogP contribution in [0.1, 0.15) is 22.8 Å². The van der Waals surface area contributed by atoms with Gasteiger partial charge in [0.2, 0.25) is 0 Å². The van der Waals surface area contributed by atoms with E-state index in [1.807, 2.05) is 0 Å². The first-order chi connectivity index (χ1) is 13.3. The lowest BCUT2D eigenvalue weighted by atomic mass is 10.1. The van der Waals surface area contributed by atoms with E-state index >= 15 is 0 Å². The molecule has 28 heavy (non-hydrogen) atoms. The number of methoxy groups -OCH3 is 3. The van der Waals surface area contributed by atoms with E-state index in [0.717, 1.165) is 10.5 Å². The van der Waals surface area contributed by atoms with Crippen LogP contribution in [0.3, 0.4) is 0 Å². The molecule has 0 fully saturated rings. The van der Waals surface area contributed by atoms with Crippen LogP contribution in [-0.2, 0) is 16.1 Å². The van der Waals surface area contributed by atoms with E-state index in [2.05, 4.69) is 0 Å². The summed E-state index contributed by atoms with van der Waals surface area (Å²) in [7, 11) is 4.07. The standard InChI is InChI=1S/C19H21ClFN3O4/c1-26-15-8-13(14(21)9-16(15)27-2)17(28-3)19(25)24(20)10-11-4-6-12(7-5-11)18(22)23/h4-9,17H,10H2,1-3H3,(H3,22,23). The van der Waals surface area contributed by atoms with Gasteiger partial charge >= 0.3 is 0 Å². The summed E-state index contributed by atoms with van der Waals surface area (Å²) >= 11 is 6.13. The van der Waals surface area contributed by atoms with Crippen molar-refractivity contribution in [2.45, 2.75) is 12.6 Å². The van der Waals surface area contributed by atoms with Crippen molar-refractivity contribution in [3.05, 3.63) is 58.9 Å². The minimum atomic E-state index is -1.27. The third kappa shape index (κ3) is 4.71. The zero-order chi connectivity index (χ0) is 20.8. The van der Waals surface area contributed by atoms with Crippen molar-refractivity contribution in [2.75, 3.05) is 21.3 Å². The van der Waals surface area contributed by atoms with E-state index < -0.39 is 17.8 Å². The number of nitrogens with zero attached hydrogens (tertiary/aromatic N) is 1. The molecule has 1 atom stereocenters. The maximum Gasteiger partial charge on any atom is 0.271 e. The minimum Gasteiger partial charge on any atom is -0.493 e. The van der Waals surface area contributed by atoms with Gasteiger partial charge in [-0.2, -0.15) is 0 Å². The van der Waals surface area contributed by atoms with Crippen molar-refractivity contribution < 1.29 is 23.4 Å². The van der Waals surface area contributed by atoms with E-state index in [-0.39, 0.29) is 29.4 Å². The molecule has 0 radical (unpaired) electrons. The third-order valence-electron chi connectivity index (χ3n) is 4.07. The lowest BCUT2D eigenvalue weighted by Gasteiger charge is -2.22. The predicted octanol–water partition coefficient (Wildman–Crippen LogP) is 3.00. The number of carbonyl (C=O) groups excluding carboxylic acids is 1. The Balaban J connectivity index is 2.23. The molecule has 0 bridgehead atoms. The average Bonchev–Trinajstić information content (AvgIpc) is 2.69. The molecule has 2 rings (SSSR count). The molecule has 1 amide bonds. The molecule has 2 aromatic rings. The summed E-state index contributed by atoms with van der Waals surface area (Å²) in [5.41, 5.74) is 6.65. The van der Waals surface area contributed by atoms with Crippen LogP contribution < -0.4 is 15.2 Å². The molecule has 0 heterocycles. The molecular formula is C19H21ClFN3O4. The largest absolute Gasteiger partial charge is 0.493 e. The van der Waals surface area contributed by atoms with Gasteiger partial charge < -0.3 is 19.9 Å². The van der Waals surface area contributed by atoms with E-state index in [4.69, 9.17) is 37.1 Å². The molecule has 0 saturated heterocycles. The van der Waals surface area contributed by atoms with Gasteiger partial charge in [-0.1, -0.05) is 24.3 Å². The summed E-state index contributed by atoms with van der Waals surface area (Å²) in [5, 5.41) is 7.39. The van der Waals surface area contributed by atoms with Gasteiger partial charge in [0.05, 0.1) is 20.8 Å². The quantitative estimate of drug-likeness (QED) is 0.397. The second-order valence-corrected chi connectivity index (χ2v) is 6.22. The van der Waals surface area contributed by atoms with Crippen molar-refractivity contribution in [3.63, 3.8) is 0 Å². The Labute approximate surface area is 167 Å². The number of hydrogen-bond donors (Lipinski definition) is 2. The highest BCUT2D eigenvalue weighted by molar-refractivity contribution is 6.21. The van der Waals surface area contributed by atoms with Crippen LogP contribution in [0.15, 0.2) is 36.4 Å². The Hall–Kier alpha value is -2.84. The van der Waals surface area contributed by atoms with Crippen LogP contribution in [0.4, 0.5) is 4.39 Å². The maximum absolute atomic E-state index is 14.5. The summed E-state index contributed by atoms with van der Waals surface area (Å²) in [6, 6.07) is 9.14. The number of benzene rings is 2. The fraction of sp³-hybridized carbons (Fsp3) is 0.263. The maximum atomic E-state index is 14.5. The molecular weight excluding hydrogens is 389 g/mol. The van der Waals surface area contributed by atoms with Crippen molar-refractivity contribution in [2.24, 2.45) is 5.73 Å². The number of carbonyl (C=O) groups is 1. The summed E-state index contributed by atoms with van der Waals surface area (Å²) in [6.45, 7) is 0.0490. The predicted molar refractivity (Wildman–Crippen MR) is 103 cm³/mol. The van der Waals surface area contributed by atoms with Crippen molar-refractivity contribution >= 4 is 23.5 Å². The van der Waals surface area contributed by atoms with E-state index in [0.29, 0.717) is 11.1 Å². The van der Waals surface area contributed by atoms with Crippen LogP contribution in [0.25, 0.3) is 0 Å². The number of amides is 1. The van der Waals surface area contributed by atoms with E-state index in [1.54, 1.807) is 24.3 Å². The third-order valence-corrected chi connectivity index (χ3v) is 4.36. The van der Waals surface area contributed by atoms with Crippen molar-refractivity contribution in [1.82, 2.24) is 4.42 Å². The van der Waals surface area contributed by atoms with Crippen molar-refractivity contribution in [1.29, 1.82) is 5.41 Å². The SMILES string of the molecule is COc1cc(F)c(C(OC)C(=O)N(Cl)Cc2ccc(C(=N)N)cc2)cc1OC. The number of hydrogen-bond acceptors (Lipinski definition) is 5. The van der Waals surface area contributed by atoms with Gasteiger partial charge in [0, 0.05) is 36.1 Å². The van der Waals surface area contributed by atoms with Crippen LogP contribution in [0.5, 0.6) is 11.5 Å². The Bertz CT molecular complexity index is 861. The molecule has 0 aromatic heterocycles. The fourth-order valence-electron chi connectivity index (χ4n) is 2.59. The highest BCUT2D eigenvalue weighted by Gasteiger charge is 2.29.